The smallest absolute Gasteiger partial charge is 0.120 e. The number of benzene rings is 2. The zero-order chi connectivity index (χ0) is 14.4. The normalized spacial score (nSPS) is 9.75. The van der Waals surface area contributed by atoms with Crippen LogP contribution in [0.5, 0.6) is 5.75 Å². The van der Waals surface area contributed by atoms with Crippen molar-refractivity contribution in [2.45, 2.75) is 13.5 Å². The molecule has 0 amide bonds. The van der Waals surface area contributed by atoms with Gasteiger partial charge in [0.2, 0.25) is 0 Å². The molecular weight excluding hydrogens is 270 g/mol. The van der Waals surface area contributed by atoms with Crippen LogP contribution in [0.15, 0.2) is 42.5 Å². The molecule has 0 fully saturated rings. The quantitative estimate of drug-likeness (QED) is 0.876. The third kappa shape index (κ3) is 4.03. The van der Waals surface area contributed by atoms with Gasteiger partial charge in [-0.1, -0.05) is 35.6 Å². The molecule has 0 aromatic heterocycles. The highest BCUT2D eigenvalue weighted by Crippen LogP contribution is 2.18. The maximum absolute atomic E-state index is 5.85. The largest absolute Gasteiger partial charge is 0.489 e. The van der Waals surface area contributed by atoms with Gasteiger partial charge in [0.1, 0.15) is 12.4 Å². The molecule has 0 unspecified atom stereocenters. The number of halogens is 1. The van der Waals surface area contributed by atoms with Crippen molar-refractivity contribution in [2.75, 3.05) is 6.54 Å². The average Bonchev–Trinajstić information content (AvgIpc) is 2.46. The number of aryl methyl sites for hydroxylation is 1. The molecule has 0 aliphatic rings. The first-order valence-electron chi connectivity index (χ1n) is 6.36. The van der Waals surface area contributed by atoms with Crippen molar-refractivity contribution in [2.24, 2.45) is 5.73 Å². The van der Waals surface area contributed by atoms with Crippen LogP contribution in [0.1, 0.15) is 16.7 Å². The van der Waals surface area contributed by atoms with E-state index in [0.29, 0.717) is 13.2 Å². The summed E-state index contributed by atoms with van der Waals surface area (Å²) in [6, 6.07) is 13.5. The highest BCUT2D eigenvalue weighted by molar-refractivity contribution is 6.30. The van der Waals surface area contributed by atoms with Crippen LogP contribution in [0, 0.1) is 18.8 Å². The van der Waals surface area contributed by atoms with Crippen molar-refractivity contribution in [1.82, 2.24) is 0 Å². The predicted molar refractivity (Wildman–Crippen MR) is 82.9 cm³/mol. The molecule has 0 bridgehead atoms. The Bertz CT molecular complexity index is 638. The molecule has 0 saturated carbocycles. The van der Waals surface area contributed by atoms with Gasteiger partial charge in [-0.25, -0.2) is 0 Å². The van der Waals surface area contributed by atoms with Gasteiger partial charge in [-0.2, -0.15) is 0 Å². The minimum Gasteiger partial charge on any atom is -0.489 e. The molecule has 0 heterocycles. The molecule has 2 N–H and O–H groups in total. The van der Waals surface area contributed by atoms with E-state index in [1.807, 2.05) is 49.4 Å². The molecule has 2 rings (SSSR count). The van der Waals surface area contributed by atoms with Crippen LogP contribution in [0.4, 0.5) is 0 Å². The van der Waals surface area contributed by atoms with Crippen molar-refractivity contribution in [3.05, 3.63) is 64.2 Å². The lowest BCUT2D eigenvalue weighted by Gasteiger charge is -2.08. The van der Waals surface area contributed by atoms with Gasteiger partial charge in [0.15, 0.2) is 0 Å². The van der Waals surface area contributed by atoms with E-state index in [2.05, 4.69) is 11.8 Å². The summed E-state index contributed by atoms with van der Waals surface area (Å²) in [7, 11) is 0. The Balaban J connectivity index is 2.03. The highest BCUT2D eigenvalue weighted by atomic mass is 35.5. The van der Waals surface area contributed by atoms with E-state index in [1.165, 1.54) is 0 Å². The van der Waals surface area contributed by atoms with Gasteiger partial charge in [0, 0.05) is 10.6 Å². The van der Waals surface area contributed by atoms with E-state index in [4.69, 9.17) is 22.1 Å². The highest BCUT2D eigenvalue weighted by Gasteiger charge is 2.00. The van der Waals surface area contributed by atoms with Crippen LogP contribution in [0.25, 0.3) is 0 Å². The lowest BCUT2D eigenvalue weighted by molar-refractivity contribution is 0.306. The fourth-order valence-corrected chi connectivity index (χ4v) is 1.89. The van der Waals surface area contributed by atoms with Crippen LogP contribution >= 0.6 is 11.6 Å². The molecule has 2 nitrogen and oxygen atoms in total. The molecule has 2 aromatic carbocycles. The molecule has 0 radical (unpaired) electrons. The van der Waals surface area contributed by atoms with Gasteiger partial charge in [-0.15, -0.1) is 0 Å². The molecule has 0 saturated heterocycles. The van der Waals surface area contributed by atoms with Crippen molar-refractivity contribution in [1.29, 1.82) is 0 Å². The van der Waals surface area contributed by atoms with Gasteiger partial charge < -0.3 is 10.5 Å². The molecule has 0 spiro atoms. The summed E-state index contributed by atoms with van der Waals surface area (Å²) in [4.78, 5) is 0. The molecule has 102 valence electrons. The molecule has 0 aliphatic heterocycles. The molecule has 0 aliphatic carbocycles. The fourth-order valence-electron chi connectivity index (χ4n) is 1.76. The number of ether oxygens (including phenoxy) is 1. The Morgan fingerprint density at radius 2 is 1.90 bits per heavy atom. The van der Waals surface area contributed by atoms with Gasteiger partial charge in [0.25, 0.3) is 0 Å². The lowest BCUT2D eigenvalue weighted by Crippen LogP contribution is -1.96. The van der Waals surface area contributed by atoms with Gasteiger partial charge in [-0.05, 0) is 48.4 Å². The van der Waals surface area contributed by atoms with Crippen molar-refractivity contribution >= 4 is 11.6 Å². The van der Waals surface area contributed by atoms with E-state index in [1.54, 1.807) is 0 Å². The fraction of sp³-hybridized carbons (Fsp3) is 0.176. The van der Waals surface area contributed by atoms with Gasteiger partial charge in [-0.3, -0.25) is 0 Å². The number of rotatable bonds is 3. The van der Waals surface area contributed by atoms with Crippen molar-refractivity contribution in [3.8, 4) is 17.6 Å². The van der Waals surface area contributed by atoms with Crippen LogP contribution in [-0.4, -0.2) is 6.54 Å². The lowest BCUT2D eigenvalue weighted by atomic mass is 10.1. The Morgan fingerprint density at radius 1 is 1.15 bits per heavy atom. The van der Waals surface area contributed by atoms with E-state index < -0.39 is 0 Å². The first-order chi connectivity index (χ1) is 9.69. The maximum Gasteiger partial charge on any atom is 0.120 e. The SMILES string of the molecule is Cc1cc(OCc2ccc(Cl)cc2)ccc1C#CCN. The molecule has 20 heavy (non-hydrogen) atoms. The van der Waals surface area contributed by atoms with E-state index in [0.717, 1.165) is 27.5 Å². The van der Waals surface area contributed by atoms with Gasteiger partial charge in [0.05, 0.1) is 6.54 Å². The predicted octanol–water partition coefficient (Wildman–Crippen LogP) is 3.54. The monoisotopic (exact) mass is 285 g/mol. The summed E-state index contributed by atoms with van der Waals surface area (Å²) >= 11 is 5.85. The number of nitrogens with two attached hydrogens (primary N) is 1. The summed E-state index contributed by atoms with van der Waals surface area (Å²) in [5, 5.41) is 0.729. The third-order valence-corrected chi connectivity index (χ3v) is 3.09. The standard InChI is InChI=1S/C17H16ClNO/c1-13-11-17(9-6-15(13)3-2-10-19)20-12-14-4-7-16(18)8-5-14/h4-9,11H,10,12,19H2,1H3. The van der Waals surface area contributed by atoms with Crippen molar-refractivity contribution in [3.63, 3.8) is 0 Å². The van der Waals surface area contributed by atoms with Crippen LogP contribution in [-0.2, 0) is 6.61 Å². The molecule has 2 aromatic rings. The summed E-state index contributed by atoms with van der Waals surface area (Å²) in [5.41, 5.74) is 8.52. The molecule has 0 atom stereocenters. The minimum absolute atomic E-state index is 0.369. The van der Waals surface area contributed by atoms with Crippen LogP contribution < -0.4 is 10.5 Å². The average molecular weight is 286 g/mol. The zero-order valence-corrected chi connectivity index (χ0v) is 12.1. The second-order valence-electron chi connectivity index (χ2n) is 4.40. The van der Waals surface area contributed by atoms with Gasteiger partial charge >= 0.3 is 0 Å². The Labute approximate surface area is 124 Å². The summed E-state index contributed by atoms with van der Waals surface area (Å²) in [5.74, 6) is 6.72. The molecule has 3 heteroatoms. The first kappa shape index (κ1) is 14.5. The number of hydrogen-bond acceptors (Lipinski definition) is 2. The van der Waals surface area contributed by atoms with Crippen LogP contribution in [0.3, 0.4) is 0 Å². The Morgan fingerprint density at radius 3 is 2.55 bits per heavy atom. The zero-order valence-electron chi connectivity index (χ0n) is 11.3. The second-order valence-corrected chi connectivity index (χ2v) is 4.83. The summed E-state index contributed by atoms with van der Waals surface area (Å²) in [6.07, 6.45) is 0. The van der Waals surface area contributed by atoms with E-state index in [9.17, 15) is 0 Å². The Hall–Kier alpha value is -1.95. The Kier molecular flexibility index (Phi) is 5.06. The van der Waals surface area contributed by atoms with E-state index >= 15 is 0 Å². The topological polar surface area (TPSA) is 35.2 Å². The summed E-state index contributed by atoms with van der Waals surface area (Å²) in [6.45, 7) is 2.90. The van der Waals surface area contributed by atoms with Crippen LogP contribution in [0.2, 0.25) is 5.02 Å². The van der Waals surface area contributed by atoms with Crippen molar-refractivity contribution < 1.29 is 4.74 Å². The first-order valence-corrected chi connectivity index (χ1v) is 6.73. The number of hydrogen-bond donors (Lipinski definition) is 1. The maximum atomic E-state index is 5.85. The summed E-state index contributed by atoms with van der Waals surface area (Å²) < 4.78 is 5.76. The second kappa shape index (κ2) is 7.00. The molecular formula is C17H16ClNO. The van der Waals surface area contributed by atoms with E-state index in [-0.39, 0.29) is 0 Å². The minimum atomic E-state index is 0.369. The third-order valence-electron chi connectivity index (χ3n) is 2.84.